The second-order valence-corrected chi connectivity index (χ2v) is 8.21. The zero-order valence-electron chi connectivity index (χ0n) is 18.0. The molecular formula is C25H21F2N3O3. The molecule has 4 aromatic rings. The molecule has 8 heteroatoms. The molecule has 0 spiro atoms. The smallest absolute Gasteiger partial charge is 0.312 e. The Kier molecular flexibility index (Phi) is 5.91. The van der Waals surface area contributed by atoms with Gasteiger partial charge in [0.2, 0.25) is 0 Å². The zero-order valence-corrected chi connectivity index (χ0v) is 18.0. The fourth-order valence-corrected chi connectivity index (χ4v) is 3.03. The van der Waals surface area contributed by atoms with Crippen molar-refractivity contribution in [2.24, 2.45) is 5.41 Å². The van der Waals surface area contributed by atoms with Gasteiger partial charge >= 0.3 is 5.97 Å². The first-order chi connectivity index (χ1) is 15.7. The Labute approximate surface area is 188 Å². The van der Waals surface area contributed by atoms with E-state index in [4.69, 9.17) is 4.74 Å². The van der Waals surface area contributed by atoms with Crippen LogP contribution in [-0.4, -0.2) is 32.6 Å². The standard InChI is InChI=1S/C25H21F2N3O3/c1-25(2,24(31)32)14-33-18-7-3-15(4-8-18)21-10-6-17(12-28-21)23-29-13-22(30-23)16-5-9-19(26)20(27)11-16/h3-13H,14H2,1-2H3,(H,29,30)(H,31,32). The molecule has 0 atom stereocenters. The highest BCUT2D eigenvalue weighted by Gasteiger charge is 2.28. The summed E-state index contributed by atoms with van der Waals surface area (Å²) in [6, 6.07) is 14.6. The van der Waals surface area contributed by atoms with Crippen molar-refractivity contribution < 1.29 is 23.4 Å². The van der Waals surface area contributed by atoms with Gasteiger partial charge in [0.15, 0.2) is 11.6 Å². The van der Waals surface area contributed by atoms with Crippen LogP contribution >= 0.6 is 0 Å². The van der Waals surface area contributed by atoms with Gasteiger partial charge in [-0.25, -0.2) is 13.8 Å². The fourth-order valence-electron chi connectivity index (χ4n) is 3.03. The molecule has 0 fully saturated rings. The van der Waals surface area contributed by atoms with Crippen LogP contribution in [0.1, 0.15) is 13.8 Å². The number of nitrogens with one attached hydrogen (secondary N) is 1. The summed E-state index contributed by atoms with van der Waals surface area (Å²) < 4.78 is 32.3. The number of imidazole rings is 1. The van der Waals surface area contributed by atoms with Crippen LogP contribution in [0.15, 0.2) is 67.0 Å². The molecule has 0 aliphatic heterocycles. The van der Waals surface area contributed by atoms with E-state index in [0.717, 1.165) is 29.0 Å². The summed E-state index contributed by atoms with van der Waals surface area (Å²) in [5.41, 5.74) is 2.42. The van der Waals surface area contributed by atoms with E-state index < -0.39 is 23.0 Å². The molecule has 0 radical (unpaired) electrons. The third kappa shape index (κ3) is 4.90. The highest BCUT2D eigenvalue weighted by atomic mass is 19.2. The minimum Gasteiger partial charge on any atom is -0.492 e. The summed E-state index contributed by atoms with van der Waals surface area (Å²) in [5, 5.41) is 9.17. The van der Waals surface area contributed by atoms with E-state index in [-0.39, 0.29) is 6.61 Å². The summed E-state index contributed by atoms with van der Waals surface area (Å²) in [5.74, 6) is -1.61. The van der Waals surface area contributed by atoms with Crippen molar-refractivity contribution in [3.05, 3.63) is 78.6 Å². The third-order valence-electron chi connectivity index (χ3n) is 5.17. The number of pyridine rings is 1. The van der Waals surface area contributed by atoms with Crippen molar-refractivity contribution in [3.8, 4) is 39.7 Å². The first kappa shape index (κ1) is 22.1. The van der Waals surface area contributed by atoms with Gasteiger partial charge in [-0.2, -0.15) is 0 Å². The minimum atomic E-state index is -0.980. The molecule has 168 valence electrons. The maximum Gasteiger partial charge on any atom is 0.312 e. The molecule has 0 saturated heterocycles. The lowest BCUT2D eigenvalue weighted by molar-refractivity contribution is -0.148. The van der Waals surface area contributed by atoms with Gasteiger partial charge in [-0.15, -0.1) is 0 Å². The van der Waals surface area contributed by atoms with Gasteiger partial charge in [-0.05, 0) is 68.4 Å². The zero-order chi connectivity index (χ0) is 23.6. The molecule has 2 N–H and O–H groups in total. The Hall–Kier alpha value is -4.07. The van der Waals surface area contributed by atoms with Gasteiger partial charge in [-0.3, -0.25) is 9.78 Å². The van der Waals surface area contributed by atoms with Crippen molar-refractivity contribution in [1.29, 1.82) is 0 Å². The maximum atomic E-state index is 13.5. The second kappa shape index (κ2) is 8.82. The second-order valence-electron chi connectivity index (χ2n) is 8.21. The number of carboxylic acid groups (broad SMARTS) is 1. The average molecular weight is 449 g/mol. The number of halogens is 2. The topological polar surface area (TPSA) is 88.1 Å². The molecule has 2 aromatic heterocycles. The Bertz CT molecular complexity index is 1280. The van der Waals surface area contributed by atoms with Crippen LogP contribution in [0.2, 0.25) is 0 Å². The summed E-state index contributed by atoms with van der Waals surface area (Å²) >= 11 is 0. The number of aromatic nitrogens is 3. The number of H-pyrrole nitrogens is 1. The number of ether oxygens (including phenoxy) is 1. The molecular weight excluding hydrogens is 428 g/mol. The molecule has 0 aliphatic rings. The van der Waals surface area contributed by atoms with Crippen LogP contribution in [0, 0.1) is 17.0 Å². The van der Waals surface area contributed by atoms with Gasteiger partial charge in [0, 0.05) is 22.9 Å². The predicted octanol–water partition coefficient (Wildman–Crippen LogP) is 5.57. The van der Waals surface area contributed by atoms with E-state index in [1.54, 1.807) is 38.4 Å². The van der Waals surface area contributed by atoms with E-state index in [1.807, 2.05) is 24.3 Å². The largest absolute Gasteiger partial charge is 0.492 e. The van der Waals surface area contributed by atoms with Crippen molar-refractivity contribution in [3.63, 3.8) is 0 Å². The number of hydrogen-bond donors (Lipinski definition) is 2. The van der Waals surface area contributed by atoms with Crippen LogP contribution in [0.25, 0.3) is 33.9 Å². The summed E-state index contributed by atoms with van der Waals surface area (Å²) in [4.78, 5) is 23.1. The third-order valence-corrected chi connectivity index (χ3v) is 5.17. The number of hydrogen-bond acceptors (Lipinski definition) is 4. The molecule has 6 nitrogen and oxygen atoms in total. The van der Waals surface area contributed by atoms with E-state index in [2.05, 4.69) is 15.0 Å². The van der Waals surface area contributed by atoms with E-state index in [0.29, 0.717) is 22.8 Å². The Balaban J connectivity index is 1.46. The van der Waals surface area contributed by atoms with Crippen LogP contribution < -0.4 is 4.74 Å². The number of carboxylic acids is 1. The van der Waals surface area contributed by atoms with Crippen LogP contribution in [0.3, 0.4) is 0 Å². The molecule has 2 heterocycles. The molecule has 33 heavy (non-hydrogen) atoms. The lowest BCUT2D eigenvalue weighted by Gasteiger charge is -2.19. The Morgan fingerprint density at radius 2 is 1.64 bits per heavy atom. The molecule has 4 rings (SSSR count). The van der Waals surface area contributed by atoms with Gasteiger partial charge < -0.3 is 14.8 Å². The number of carbonyl (C=O) groups is 1. The van der Waals surface area contributed by atoms with Crippen molar-refractivity contribution in [2.75, 3.05) is 6.61 Å². The lowest BCUT2D eigenvalue weighted by Crippen LogP contribution is -2.30. The number of nitrogens with zero attached hydrogens (tertiary/aromatic N) is 2. The van der Waals surface area contributed by atoms with E-state index >= 15 is 0 Å². The molecule has 0 aliphatic carbocycles. The van der Waals surface area contributed by atoms with Gasteiger partial charge in [0.25, 0.3) is 0 Å². The summed E-state index contributed by atoms with van der Waals surface area (Å²) in [6.45, 7) is 3.27. The predicted molar refractivity (Wildman–Crippen MR) is 120 cm³/mol. The van der Waals surface area contributed by atoms with Crippen LogP contribution in [0.4, 0.5) is 8.78 Å². The monoisotopic (exact) mass is 449 g/mol. The minimum absolute atomic E-state index is 0.0598. The average Bonchev–Trinajstić information content (AvgIpc) is 3.30. The number of rotatable bonds is 7. The highest BCUT2D eigenvalue weighted by Crippen LogP contribution is 2.26. The first-order valence-electron chi connectivity index (χ1n) is 10.2. The van der Waals surface area contributed by atoms with Crippen molar-refractivity contribution in [2.45, 2.75) is 13.8 Å². The van der Waals surface area contributed by atoms with Crippen molar-refractivity contribution >= 4 is 5.97 Å². The highest BCUT2D eigenvalue weighted by molar-refractivity contribution is 5.73. The quantitative estimate of drug-likeness (QED) is 0.385. The van der Waals surface area contributed by atoms with Gasteiger partial charge in [-0.1, -0.05) is 0 Å². The first-order valence-corrected chi connectivity index (χ1v) is 10.2. The number of aliphatic carboxylic acids is 1. The molecule has 0 bridgehead atoms. The molecule has 0 amide bonds. The molecule has 2 aromatic carbocycles. The number of aromatic amines is 1. The van der Waals surface area contributed by atoms with Crippen molar-refractivity contribution in [1.82, 2.24) is 15.0 Å². The fraction of sp³-hybridized carbons (Fsp3) is 0.160. The SMILES string of the molecule is CC(C)(COc1ccc(-c2ccc(-c3ncc(-c4ccc(F)c(F)c4)[nH]3)cn2)cc1)C(=O)O. The lowest BCUT2D eigenvalue weighted by atomic mass is 9.95. The molecule has 0 unspecified atom stereocenters. The van der Waals surface area contributed by atoms with Gasteiger partial charge in [0.05, 0.1) is 23.0 Å². The summed E-state index contributed by atoms with van der Waals surface area (Å²) in [7, 11) is 0. The van der Waals surface area contributed by atoms with E-state index in [1.165, 1.54) is 6.07 Å². The summed E-state index contributed by atoms with van der Waals surface area (Å²) in [6.07, 6.45) is 3.23. The van der Waals surface area contributed by atoms with E-state index in [9.17, 15) is 18.7 Å². The number of benzene rings is 2. The maximum absolute atomic E-state index is 13.5. The Morgan fingerprint density at radius 3 is 2.27 bits per heavy atom. The van der Waals surface area contributed by atoms with Crippen LogP contribution in [-0.2, 0) is 4.79 Å². The van der Waals surface area contributed by atoms with Crippen LogP contribution in [0.5, 0.6) is 5.75 Å². The Morgan fingerprint density at radius 1 is 0.939 bits per heavy atom. The molecule has 0 saturated carbocycles. The normalized spacial score (nSPS) is 11.4. The van der Waals surface area contributed by atoms with Gasteiger partial charge in [0.1, 0.15) is 18.2 Å².